The maximum absolute atomic E-state index is 12.2. The van der Waals surface area contributed by atoms with Crippen molar-refractivity contribution in [1.82, 2.24) is 10.3 Å². The minimum Gasteiger partial charge on any atom is -0.497 e. The quantitative estimate of drug-likeness (QED) is 0.853. The summed E-state index contributed by atoms with van der Waals surface area (Å²) in [6, 6.07) is 11.0. The first-order valence-electron chi connectivity index (χ1n) is 7.20. The molecule has 1 aromatic carbocycles. The summed E-state index contributed by atoms with van der Waals surface area (Å²) in [5.41, 5.74) is 0.951. The van der Waals surface area contributed by atoms with Crippen molar-refractivity contribution >= 4 is 5.91 Å². The van der Waals surface area contributed by atoms with E-state index >= 15 is 0 Å². The summed E-state index contributed by atoms with van der Waals surface area (Å²) in [5.74, 6) is 1.17. The number of hydrogen-bond donors (Lipinski definition) is 1. The smallest absolute Gasteiger partial charge is 0.261 e. The van der Waals surface area contributed by atoms with Gasteiger partial charge in [0, 0.05) is 25.0 Å². The van der Waals surface area contributed by atoms with Gasteiger partial charge >= 0.3 is 0 Å². The van der Waals surface area contributed by atoms with Gasteiger partial charge in [-0.25, -0.2) is 0 Å². The van der Waals surface area contributed by atoms with E-state index in [0.29, 0.717) is 24.5 Å². The van der Waals surface area contributed by atoms with E-state index in [-0.39, 0.29) is 5.91 Å². The zero-order chi connectivity index (χ0) is 15.8. The maximum Gasteiger partial charge on any atom is 0.261 e. The number of hydrogen-bond acceptors (Lipinski definition) is 4. The molecule has 2 rings (SSSR count). The molecular formula is C17H20N2O3. The van der Waals surface area contributed by atoms with Crippen molar-refractivity contribution in [2.75, 3.05) is 7.11 Å². The topological polar surface area (TPSA) is 60.5 Å². The molecule has 0 radical (unpaired) electrons. The van der Waals surface area contributed by atoms with Gasteiger partial charge in [-0.2, -0.15) is 0 Å². The highest BCUT2D eigenvalue weighted by molar-refractivity contribution is 5.81. The molecule has 1 heterocycles. The van der Waals surface area contributed by atoms with Gasteiger partial charge in [-0.15, -0.1) is 0 Å². The Kier molecular flexibility index (Phi) is 5.77. The second-order valence-corrected chi connectivity index (χ2v) is 4.77. The van der Waals surface area contributed by atoms with Gasteiger partial charge in [-0.05, 0) is 30.2 Å². The Morgan fingerprint density at radius 3 is 2.77 bits per heavy atom. The van der Waals surface area contributed by atoms with Crippen LogP contribution < -0.4 is 14.8 Å². The minimum atomic E-state index is -0.538. The van der Waals surface area contributed by atoms with Gasteiger partial charge in [0.2, 0.25) is 0 Å². The molecule has 1 N–H and O–H groups in total. The van der Waals surface area contributed by atoms with Gasteiger partial charge in [0.05, 0.1) is 7.11 Å². The van der Waals surface area contributed by atoms with Gasteiger partial charge in [-0.1, -0.05) is 19.1 Å². The number of ether oxygens (including phenoxy) is 2. The number of carbonyl (C=O) groups excluding carboxylic acids is 1. The second kappa shape index (κ2) is 8.02. The van der Waals surface area contributed by atoms with Gasteiger partial charge in [-0.3, -0.25) is 9.78 Å². The highest BCUT2D eigenvalue weighted by atomic mass is 16.5. The van der Waals surface area contributed by atoms with Gasteiger partial charge in [0.1, 0.15) is 11.5 Å². The third-order valence-electron chi connectivity index (χ3n) is 3.17. The van der Waals surface area contributed by atoms with Gasteiger partial charge in [0.15, 0.2) is 6.10 Å². The molecule has 0 aliphatic rings. The summed E-state index contributed by atoms with van der Waals surface area (Å²) in [5, 5.41) is 2.86. The molecule has 2 aromatic rings. The standard InChI is InChI=1S/C17H20N2O3/c1-3-16(22-15-8-4-7-14(10-15)21-2)17(20)19-12-13-6-5-9-18-11-13/h4-11,16H,3,12H2,1-2H3,(H,19,20)/t16-/m1/s1. The van der Waals surface area contributed by atoms with Gasteiger partial charge in [0.25, 0.3) is 5.91 Å². The van der Waals surface area contributed by atoms with Crippen LogP contribution in [0, 0.1) is 0 Å². The summed E-state index contributed by atoms with van der Waals surface area (Å²) >= 11 is 0. The van der Waals surface area contributed by atoms with E-state index in [4.69, 9.17) is 9.47 Å². The normalized spacial score (nSPS) is 11.5. The van der Waals surface area contributed by atoms with Crippen molar-refractivity contribution in [3.05, 3.63) is 54.4 Å². The number of benzene rings is 1. The molecule has 0 unspecified atom stereocenters. The van der Waals surface area contributed by atoms with E-state index < -0.39 is 6.10 Å². The van der Waals surface area contributed by atoms with Gasteiger partial charge < -0.3 is 14.8 Å². The number of aromatic nitrogens is 1. The maximum atomic E-state index is 12.2. The molecule has 0 saturated carbocycles. The van der Waals surface area contributed by atoms with E-state index in [0.717, 1.165) is 5.56 Å². The Balaban J connectivity index is 1.93. The molecule has 0 saturated heterocycles. The Labute approximate surface area is 130 Å². The van der Waals surface area contributed by atoms with E-state index in [9.17, 15) is 4.79 Å². The molecular weight excluding hydrogens is 280 g/mol. The predicted molar refractivity (Wildman–Crippen MR) is 83.8 cm³/mol. The van der Waals surface area contributed by atoms with Crippen LogP contribution >= 0.6 is 0 Å². The van der Waals surface area contributed by atoms with Crippen molar-refractivity contribution in [3.8, 4) is 11.5 Å². The molecule has 0 spiro atoms. The first-order chi connectivity index (χ1) is 10.7. The Bertz CT molecular complexity index is 602. The lowest BCUT2D eigenvalue weighted by molar-refractivity contribution is -0.128. The summed E-state index contributed by atoms with van der Waals surface area (Å²) in [6.07, 6.45) is 3.47. The third-order valence-corrected chi connectivity index (χ3v) is 3.17. The average molecular weight is 300 g/mol. The molecule has 0 aliphatic heterocycles. The molecule has 0 aliphatic carbocycles. The second-order valence-electron chi connectivity index (χ2n) is 4.77. The average Bonchev–Trinajstić information content (AvgIpc) is 2.58. The SMILES string of the molecule is CC[C@@H](Oc1cccc(OC)c1)C(=O)NCc1cccnc1. The molecule has 1 amide bonds. The van der Waals surface area contributed by atoms with Crippen LogP contribution in [0.5, 0.6) is 11.5 Å². The summed E-state index contributed by atoms with van der Waals surface area (Å²) in [6.45, 7) is 2.35. The van der Waals surface area contributed by atoms with Crippen LogP contribution in [0.15, 0.2) is 48.8 Å². The fraction of sp³-hybridized carbons (Fsp3) is 0.294. The summed E-state index contributed by atoms with van der Waals surface area (Å²) in [7, 11) is 1.59. The Morgan fingerprint density at radius 1 is 1.27 bits per heavy atom. The number of amides is 1. The van der Waals surface area contributed by atoms with Crippen molar-refractivity contribution < 1.29 is 14.3 Å². The molecule has 116 valence electrons. The fourth-order valence-corrected chi connectivity index (χ4v) is 1.97. The number of methoxy groups -OCH3 is 1. The number of nitrogens with zero attached hydrogens (tertiary/aromatic N) is 1. The number of carbonyl (C=O) groups is 1. The van der Waals surface area contributed by atoms with Crippen LogP contribution in [0.25, 0.3) is 0 Å². The van der Waals surface area contributed by atoms with Crippen LogP contribution in [0.1, 0.15) is 18.9 Å². The number of pyridine rings is 1. The van der Waals surface area contributed by atoms with Crippen LogP contribution in [0.2, 0.25) is 0 Å². The molecule has 0 fully saturated rings. The zero-order valence-electron chi connectivity index (χ0n) is 12.8. The van der Waals surface area contributed by atoms with E-state index in [1.165, 1.54) is 0 Å². The third kappa shape index (κ3) is 4.48. The van der Waals surface area contributed by atoms with Crippen molar-refractivity contribution in [2.24, 2.45) is 0 Å². The van der Waals surface area contributed by atoms with E-state index in [1.807, 2.05) is 31.2 Å². The summed E-state index contributed by atoms with van der Waals surface area (Å²) in [4.78, 5) is 16.2. The summed E-state index contributed by atoms with van der Waals surface area (Å²) < 4.78 is 10.9. The largest absolute Gasteiger partial charge is 0.497 e. The monoisotopic (exact) mass is 300 g/mol. The van der Waals surface area contributed by atoms with Crippen LogP contribution in [-0.2, 0) is 11.3 Å². The minimum absolute atomic E-state index is 0.144. The van der Waals surface area contributed by atoms with Crippen molar-refractivity contribution in [3.63, 3.8) is 0 Å². The zero-order valence-corrected chi connectivity index (χ0v) is 12.8. The number of rotatable bonds is 7. The Morgan fingerprint density at radius 2 is 2.09 bits per heavy atom. The highest BCUT2D eigenvalue weighted by Crippen LogP contribution is 2.20. The van der Waals surface area contributed by atoms with E-state index in [1.54, 1.807) is 31.6 Å². The highest BCUT2D eigenvalue weighted by Gasteiger charge is 2.18. The predicted octanol–water partition coefficient (Wildman–Crippen LogP) is 2.56. The lowest BCUT2D eigenvalue weighted by Crippen LogP contribution is -2.37. The fourth-order valence-electron chi connectivity index (χ4n) is 1.97. The first-order valence-corrected chi connectivity index (χ1v) is 7.20. The number of nitrogens with one attached hydrogen (secondary N) is 1. The molecule has 1 aromatic heterocycles. The molecule has 5 heteroatoms. The lowest BCUT2D eigenvalue weighted by atomic mass is 10.2. The van der Waals surface area contributed by atoms with Crippen LogP contribution in [-0.4, -0.2) is 24.1 Å². The molecule has 5 nitrogen and oxygen atoms in total. The van der Waals surface area contributed by atoms with Crippen LogP contribution in [0.4, 0.5) is 0 Å². The molecule has 0 bridgehead atoms. The Hall–Kier alpha value is -2.56. The first kappa shape index (κ1) is 15.8. The lowest BCUT2D eigenvalue weighted by Gasteiger charge is -2.17. The van der Waals surface area contributed by atoms with Crippen molar-refractivity contribution in [1.29, 1.82) is 0 Å². The van der Waals surface area contributed by atoms with E-state index in [2.05, 4.69) is 10.3 Å². The van der Waals surface area contributed by atoms with Crippen LogP contribution in [0.3, 0.4) is 0 Å². The molecule has 1 atom stereocenters. The molecule has 22 heavy (non-hydrogen) atoms. The van der Waals surface area contributed by atoms with Crippen molar-refractivity contribution in [2.45, 2.75) is 26.0 Å².